The number of halogens is 1. The highest BCUT2D eigenvalue weighted by Gasteiger charge is 2.37. The third kappa shape index (κ3) is 32.2. The Hall–Kier alpha value is -9.91. The third-order valence-electron chi connectivity index (χ3n) is 24.2. The molecule has 699 valence electrons. The van der Waals surface area contributed by atoms with E-state index in [1.807, 2.05) is 95.7 Å². The zero-order chi connectivity index (χ0) is 93.0. The molecule has 0 aliphatic heterocycles. The van der Waals surface area contributed by atoms with Crippen LogP contribution in [0.3, 0.4) is 0 Å². The summed E-state index contributed by atoms with van der Waals surface area (Å²) < 4.78 is 32.3. The number of rotatable bonds is 35. The van der Waals surface area contributed by atoms with Crippen molar-refractivity contribution < 1.29 is 56.8 Å². The SMILES string of the molecule is C.CCO.CC[C@H]1C[C@@H](Nc2ncncc2C(=O)c2cc(Br)cs2)C[C@@H]1C.CC[C@H]1C[C@@H](Nc2ncncc2C(=O)c2cc(CCc3ccccc3)cs2)C[C@@H]1C.C[C@H]1C[C@H](Nc2ncncc2C(=O)c2cc(CCc3ccccc3)cs2)C[C@@H]1CO.NS(=O)(=O)OC[C@H]1C[C@@H](Nc2ncncc2C(=O)c2cc(CCc3ccccc3)cs2)C[C@@H]1O.O[B]OCCc1ccccc1. The Morgan fingerprint density at radius 2 is 0.735 bits per heavy atom. The van der Waals surface area contributed by atoms with Gasteiger partial charge in [0.1, 0.15) is 48.6 Å². The molecule has 8 aromatic heterocycles. The minimum absolute atomic E-state index is 0. The summed E-state index contributed by atoms with van der Waals surface area (Å²) in [5, 5.41) is 62.2. The molecule has 132 heavy (non-hydrogen) atoms. The monoisotopic (exact) mass is 1950 g/mol. The number of aromatic nitrogens is 8. The smallest absolute Gasteiger partial charge is 0.429 e. The van der Waals surface area contributed by atoms with Crippen LogP contribution in [0.1, 0.15) is 213 Å². The van der Waals surface area contributed by atoms with Gasteiger partial charge in [-0.3, -0.25) is 23.4 Å². The van der Waals surface area contributed by atoms with Gasteiger partial charge in [-0.15, -0.1) is 45.3 Å². The molecule has 12 aromatic rings. The second kappa shape index (κ2) is 53.8. The minimum atomic E-state index is -4.07. The molecule has 25 nitrogen and oxygen atoms in total. The average Bonchev–Trinajstić information content (AvgIpc) is 1.66. The number of nitrogens with zero attached hydrogens (tertiary/aromatic N) is 8. The van der Waals surface area contributed by atoms with Crippen molar-refractivity contribution >= 4 is 126 Å². The maximum absolute atomic E-state index is 13.2. The molecule has 8 heterocycles. The second-order valence-corrected chi connectivity index (χ2v) is 39.4. The molecule has 4 saturated carbocycles. The summed E-state index contributed by atoms with van der Waals surface area (Å²) in [6, 6.07) is 49.5. The Balaban J connectivity index is 0.000000174. The number of anilines is 4. The summed E-state index contributed by atoms with van der Waals surface area (Å²) in [4.78, 5) is 88.6. The summed E-state index contributed by atoms with van der Waals surface area (Å²) in [7, 11) is -3.35. The zero-order valence-electron chi connectivity index (χ0n) is 74.8. The molecule has 10 N–H and O–H groups in total. The van der Waals surface area contributed by atoms with Gasteiger partial charge in [-0.1, -0.05) is 176 Å². The molecule has 0 bridgehead atoms. The first-order valence-electron chi connectivity index (χ1n) is 44.7. The van der Waals surface area contributed by atoms with Crippen LogP contribution >= 0.6 is 61.3 Å². The fourth-order valence-corrected chi connectivity index (χ4v) is 21.5. The Morgan fingerprint density at radius 3 is 1.03 bits per heavy atom. The van der Waals surface area contributed by atoms with E-state index in [4.69, 9.17) is 15.3 Å². The molecular weight excluding hydrogens is 1830 g/mol. The van der Waals surface area contributed by atoms with Crippen LogP contribution in [0.2, 0.25) is 0 Å². The second-order valence-electron chi connectivity index (χ2n) is 33.6. The Kier molecular flexibility index (Phi) is 42.5. The number of carbonyl (C=O) groups excluding carboxylic acids is 4. The quantitative estimate of drug-likeness (QED) is 0.0101. The van der Waals surface area contributed by atoms with Gasteiger partial charge in [-0.2, -0.15) is 8.42 Å². The van der Waals surface area contributed by atoms with Gasteiger partial charge in [0.25, 0.3) is 0 Å². The lowest BCUT2D eigenvalue weighted by Crippen LogP contribution is -2.24. The first-order valence-corrected chi connectivity index (χ1v) is 50.5. The van der Waals surface area contributed by atoms with Gasteiger partial charge in [-0.25, -0.2) is 45.0 Å². The number of benzene rings is 4. The first kappa shape index (κ1) is 104. The summed E-state index contributed by atoms with van der Waals surface area (Å²) >= 11 is 9.20. The highest BCUT2D eigenvalue weighted by molar-refractivity contribution is 9.10. The molecule has 0 unspecified atom stereocenters. The standard InChI is InChI=1S/C25H29N3OS.C24H27N3O2S.C23H26N4O5S2.C17H20BrN3OS.C8H10BO2.C2H6O.CH4/c1-3-20-13-21(11-17(20)2)28-25-22(14-26-16-27-25)24(29)23-12-19(15-30-23)10-9-18-7-5-4-6-8-18;1-16-9-20(11-19(16)13-28)27-24-21(12-25-15-26-24)23(29)22-10-18(14-30-22)8-7-17-5-3-2-4-6-17;24-34(30,31)32-12-17-9-18(10-20(17)28)27-23-19(11-25-14-26-23)22(29)21-8-16(13-33-21)7-6-15-4-2-1-3-5-15;1-3-11-5-13(4-10(11)2)21-17-14(7-19-9-20-17)16(22)15-6-12(18)8-23-15;10-9-11-7-6-8-4-2-1-3-5-8;1-2-3;/h4-8,12,14-17,20-21H,3,9-11,13H2,1-2H3,(H,26,27,28);2-6,10,12,14-16,19-20,28H,7-9,11,13H2,1H3,(H,25,26,27);1-5,8,11,13-14,17-18,20,28H,6-7,9-10,12H2,(H2,24,30,31)(H,25,26,27);6-11,13H,3-5H2,1-2H3,(H,19,20,21);1-5,10H,6-7H2;3H,2H2,1H3;1H4/t17-,20-,21-;16-,19+,20-;17-,18-,20+;10-,11-,13-;;;/m0010.../s1. The lowest BCUT2D eigenvalue weighted by molar-refractivity contribution is 0.100. The Morgan fingerprint density at radius 1 is 0.439 bits per heavy atom. The highest BCUT2D eigenvalue weighted by atomic mass is 79.9. The van der Waals surface area contributed by atoms with Gasteiger partial charge in [-0.05, 0) is 234 Å². The van der Waals surface area contributed by atoms with Gasteiger partial charge in [0.2, 0.25) is 23.1 Å². The van der Waals surface area contributed by atoms with Gasteiger partial charge in [0.05, 0.1) is 54.5 Å². The fraction of sp³-hybridized carbons (Fsp3) is 0.400. The fourth-order valence-electron chi connectivity index (χ4n) is 17.1. The van der Waals surface area contributed by atoms with Gasteiger partial charge in [0.15, 0.2) is 0 Å². The summed E-state index contributed by atoms with van der Waals surface area (Å²) in [5.41, 5.74) is 10.5. The van der Waals surface area contributed by atoms with Crippen LogP contribution in [0, 0.1) is 41.4 Å². The van der Waals surface area contributed by atoms with E-state index in [1.54, 1.807) is 25.5 Å². The van der Waals surface area contributed by atoms with E-state index >= 15 is 0 Å². The van der Waals surface area contributed by atoms with Crippen LogP contribution in [0.15, 0.2) is 222 Å². The number of aryl methyl sites for hydroxylation is 6. The predicted molar refractivity (Wildman–Crippen MR) is 533 cm³/mol. The molecule has 4 fully saturated rings. The summed E-state index contributed by atoms with van der Waals surface area (Å²) in [6.07, 6.45) is 27.4. The van der Waals surface area contributed by atoms with Crippen molar-refractivity contribution in [2.75, 3.05) is 47.7 Å². The molecule has 32 heteroatoms. The normalized spacial score (nSPS) is 19.8. The van der Waals surface area contributed by atoms with E-state index < -0.39 is 22.3 Å². The lowest BCUT2D eigenvalue weighted by atomic mass is 9.96. The van der Waals surface area contributed by atoms with E-state index in [1.165, 1.54) is 123 Å². The van der Waals surface area contributed by atoms with Crippen molar-refractivity contribution in [2.24, 2.45) is 46.6 Å². The third-order valence-corrected chi connectivity index (χ3v) is 29.3. The first-order chi connectivity index (χ1) is 63.5. The molecule has 1 radical (unpaired) electrons. The van der Waals surface area contributed by atoms with E-state index in [0.29, 0.717) is 115 Å². The van der Waals surface area contributed by atoms with Crippen molar-refractivity contribution in [3.8, 4) is 0 Å². The molecule has 0 saturated heterocycles. The number of hydrogen-bond donors (Lipinski definition) is 9. The van der Waals surface area contributed by atoms with Crippen LogP contribution in [-0.2, 0) is 64.1 Å². The van der Waals surface area contributed by atoms with Crippen molar-refractivity contribution in [1.82, 2.24) is 39.9 Å². The molecular formula is C100H122BBrN13O12S5. The lowest BCUT2D eigenvalue weighted by Gasteiger charge is -2.15. The number of nitrogens with one attached hydrogen (secondary N) is 4. The molecule has 4 aromatic carbocycles. The summed E-state index contributed by atoms with van der Waals surface area (Å²) in [5.74, 6) is 5.33. The van der Waals surface area contributed by atoms with Gasteiger partial charge >= 0.3 is 18.0 Å². The van der Waals surface area contributed by atoms with Crippen molar-refractivity contribution in [3.05, 3.63) is 302 Å². The number of ketones is 4. The summed E-state index contributed by atoms with van der Waals surface area (Å²) in [6.45, 7) is 13.8. The number of aliphatic hydroxyl groups is 3. The number of carbonyl (C=O) groups is 4. The van der Waals surface area contributed by atoms with Crippen molar-refractivity contribution in [1.29, 1.82) is 0 Å². The molecule has 12 atom stereocenters. The number of nitrogens with two attached hydrogens (primary N) is 1. The molecule has 4 aliphatic carbocycles. The topological polar surface area (TPSA) is 379 Å². The van der Waals surface area contributed by atoms with E-state index in [9.17, 15) is 37.8 Å². The zero-order valence-corrected chi connectivity index (χ0v) is 80.4. The van der Waals surface area contributed by atoms with Crippen LogP contribution < -0.4 is 26.4 Å². The van der Waals surface area contributed by atoms with Crippen LogP contribution in [0.25, 0.3) is 0 Å². The average molecular weight is 1950 g/mol. The molecule has 4 aliphatic rings. The molecule has 16 rings (SSSR count). The largest absolute Gasteiger partial charge is 0.485 e. The van der Waals surface area contributed by atoms with Crippen LogP contribution in [0.4, 0.5) is 23.3 Å². The maximum atomic E-state index is 13.2. The van der Waals surface area contributed by atoms with Crippen LogP contribution in [0.5, 0.6) is 0 Å². The Labute approximate surface area is 801 Å². The number of hydrogen-bond acceptors (Lipinski definition) is 28. The van der Waals surface area contributed by atoms with Gasteiger partial charge < -0.3 is 46.3 Å². The highest BCUT2D eigenvalue weighted by Crippen LogP contribution is 2.40. The Bertz CT molecular complexity index is 5470. The van der Waals surface area contributed by atoms with E-state index in [-0.39, 0.29) is 62.5 Å². The molecule has 0 amide bonds. The van der Waals surface area contributed by atoms with Crippen LogP contribution in [-0.4, -0.2) is 156 Å². The van der Waals surface area contributed by atoms with E-state index in [0.717, 1.165) is 118 Å². The van der Waals surface area contributed by atoms with Gasteiger partial charge in [0, 0.05) is 84.5 Å². The number of aliphatic hydroxyl groups excluding tert-OH is 3. The maximum Gasteiger partial charge on any atom is 0.485 e. The van der Waals surface area contributed by atoms with Crippen molar-refractivity contribution in [2.45, 2.75) is 188 Å². The van der Waals surface area contributed by atoms with Crippen molar-refractivity contribution in [3.63, 3.8) is 0 Å². The minimum Gasteiger partial charge on any atom is -0.429 e. The molecule has 0 spiro atoms. The predicted octanol–water partition coefficient (Wildman–Crippen LogP) is 18.7. The number of thiophene rings is 4. The van der Waals surface area contributed by atoms with E-state index in [2.05, 4.69) is 192 Å².